The highest BCUT2D eigenvalue weighted by atomic mass is 32.2. The number of hydrogen-bond donors (Lipinski definition) is 3. The van der Waals surface area contributed by atoms with Crippen LogP contribution in [0.3, 0.4) is 0 Å². The fraction of sp³-hybridized carbons (Fsp3) is 0.692. The number of thiazole rings is 1. The van der Waals surface area contributed by atoms with Gasteiger partial charge in [0.1, 0.15) is 5.76 Å². The van der Waals surface area contributed by atoms with Gasteiger partial charge in [-0.15, -0.1) is 11.8 Å². The van der Waals surface area contributed by atoms with Gasteiger partial charge in [0, 0.05) is 23.3 Å². The van der Waals surface area contributed by atoms with E-state index in [-0.39, 0.29) is 28.6 Å². The molecule has 2 aromatic heterocycles. The van der Waals surface area contributed by atoms with Crippen molar-refractivity contribution in [1.29, 1.82) is 0 Å². The van der Waals surface area contributed by atoms with Crippen LogP contribution in [0.2, 0.25) is 0 Å². The second-order valence-corrected chi connectivity index (χ2v) is 14.7. The molecule has 0 bridgehead atoms. The molecule has 3 rings (SSSR count). The zero-order chi connectivity index (χ0) is 27.4. The van der Waals surface area contributed by atoms with E-state index in [0.717, 1.165) is 42.4 Å². The molecular formula is C26H41N5O4S2. The van der Waals surface area contributed by atoms with Gasteiger partial charge in [-0.3, -0.25) is 14.8 Å². The van der Waals surface area contributed by atoms with Crippen LogP contribution in [0, 0.1) is 16.7 Å². The zero-order valence-electron chi connectivity index (χ0n) is 23.0. The molecule has 11 heteroatoms. The first-order valence-electron chi connectivity index (χ1n) is 12.7. The average molecular weight is 552 g/mol. The number of aromatic nitrogens is 2. The molecule has 0 radical (unpaired) electrons. The predicted molar refractivity (Wildman–Crippen MR) is 147 cm³/mol. The number of oxazole rings is 1. The van der Waals surface area contributed by atoms with E-state index in [2.05, 4.69) is 54.8 Å². The standard InChI is InChI=1S/C26H41N5O4S2/c1-24(2,3)18-12-27-19(35-18)14-36-20-13-28-23(37-20)29-21(32)17-8-10-31(11-9-17)16-25(4,5)15-26(6,7)22(33)30-34/h12-13,17,34H,8-11,14-16H2,1-7H3,(H,30,33)(H,28,29,32). The summed E-state index contributed by atoms with van der Waals surface area (Å²) in [6.45, 7) is 16.7. The summed E-state index contributed by atoms with van der Waals surface area (Å²) in [4.78, 5) is 36.0. The largest absolute Gasteiger partial charge is 0.444 e. The van der Waals surface area contributed by atoms with Crippen molar-refractivity contribution in [2.75, 3.05) is 25.0 Å². The van der Waals surface area contributed by atoms with Gasteiger partial charge in [0.25, 0.3) is 0 Å². The molecule has 3 N–H and O–H groups in total. The SMILES string of the molecule is CC(C)(CN1CCC(C(=O)Nc2ncc(SCc3ncc(C(C)(C)C)o3)s2)CC1)CC(C)(C)C(=O)NO. The Kier molecular flexibility index (Phi) is 9.47. The van der Waals surface area contributed by atoms with Crippen molar-refractivity contribution >= 4 is 40.0 Å². The monoisotopic (exact) mass is 551 g/mol. The second-order valence-electron chi connectivity index (χ2n) is 12.3. The lowest BCUT2D eigenvalue weighted by molar-refractivity contribution is -0.140. The molecule has 1 fully saturated rings. The third-order valence-electron chi connectivity index (χ3n) is 6.59. The Bertz CT molecular complexity index is 1070. The number of carbonyl (C=O) groups is 2. The summed E-state index contributed by atoms with van der Waals surface area (Å²) < 4.78 is 6.85. The predicted octanol–water partition coefficient (Wildman–Crippen LogP) is 5.32. The maximum atomic E-state index is 12.9. The van der Waals surface area contributed by atoms with Gasteiger partial charge in [-0.2, -0.15) is 0 Å². The van der Waals surface area contributed by atoms with Gasteiger partial charge in [-0.25, -0.2) is 15.4 Å². The van der Waals surface area contributed by atoms with E-state index >= 15 is 0 Å². The summed E-state index contributed by atoms with van der Waals surface area (Å²) in [5.41, 5.74) is 0.939. The Morgan fingerprint density at radius 1 is 1.14 bits per heavy atom. The summed E-state index contributed by atoms with van der Waals surface area (Å²) in [6.07, 6.45) is 5.79. The van der Waals surface area contributed by atoms with Crippen LogP contribution in [0.25, 0.3) is 0 Å². The quantitative estimate of drug-likeness (QED) is 0.206. The molecule has 1 aliphatic heterocycles. The number of nitrogens with one attached hydrogen (secondary N) is 2. The molecular weight excluding hydrogens is 510 g/mol. The van der Waals surface area contributed by atoms with Gasteiger partial charge < -0.3 is 14.6 Å². The maximum absolute atomic E-state index is 12.9. The number of hydroxylamine groups is 1. The van der Waals surface area contributed by atoms with Gasteiger partial charge >= 0.3 is 0 Å². The number of anilines is 1. The number of nitrogens with zero attached hydrogens (tertiary/aromatic N) is 3. The van der Waals surface area contributed by atoms with Crippen LogP contribution in [-0.2, 0) is 20.8 Å². The van der Waals surface area contributed by atoms with E-state index in [1.54, 1.807) is 29.6 Å². The topological polar surface area (TPSA) is 121 Å². The first-order chi connectivity index (χ1) is 17.2. The van der Waals surface area contributed by atoms with Crippen LogP contribution in [0.4, 0.5) is 5.13 Å². The van der Waals surface area contributed by atoms with Crippen molar-refractivity contribution in [3.63, 3.8) is 0 Å². The minimum absolute atomic E-state index is 0.0214. The van der Waals surface area contributed by atoms with Gasteiger partial charge in [0.2, 0.25) is 17.7 Å². The summed E-state index contributed by atoms with van der Waals surface area (Å²) >= 11 is 3.06. The smallest absolute Gasteiger partial charge is 0.249 e. The molecule has 206 valence electrons. The number of likely N-dealkylation sites (tertiary alicyclic amines) is 1. The molecule has 0 spiro atoms. The Morgan fingerprint density at radius 3 is 2.41 bits per heavy atom. The highest BCUT2D eigenvalue weighted by Gasteiger charge is 2.36. The number of amides is 2. The van der Waals surface area contributed by atoms with E-state index in [1.165, 1.54) is 11.3 Å². The number of carbonyl (C=O) groups excluding carboxylic acids is 2. The molecule has 37 heavy (non-hydrogen) atoms. The average Bonchev–Trinajstić information content (AvgIpc) is 3.46. The van der Waals surface area contributed by atoms with E-state index < -0.39 is 5.41 Å². The summed E-state index contributed by atoms with van der Waals surface area (Å²) in [5.74, 6) is 1.78. The molecule has 1 aliphatic rings. The summed E-state index contributed by atoms with van der Waals surface area (Å²) in [5, 5.41) is 12.6. The summed E-state index contributed by atoms with van der Waals surface area (Å²) in [7, 11) is 0. The number of rotatable bonds is 10. The van der Waals surface area contributed by atoms with Crippen molar-refractivity contribution in [2.45, 2.75) is 83.1 Å². The van der Waals surface area contributed by atoms with E-state index in [1.807, 2.05) is 13.8 Å². The van der Waals surface area contributed by atoms with Crippen LogP contribution in [-0.4, -0.2) is 51.5 Å². The maximum Gasteiger partial charge on any atom is 0.249 e. The minimum atomic E-state index is -0.662. The molecule has 3 heterocycles. The zero-order valence-corrected chi connectivity index (χ0v) is 24.6. The fourth-order valence-corrected chi connectivity index (χ4v) is 6.62. The van der Waals surface area contributed by atoms with Crippen molar-refractivity contribution in [2.24, 2.45) is 16.7 Å². The Balaban J connectivity index is 1.43. The van der Waals surface area contributed by atoms with Crippen LogP contribution in [0.1, 0.15) is 79.4 Å². The van der Waals surface area contributed by atoms with Crippen molar-refractivity contribution < 1.29 is 19.2 Å². The van der Waals surface area contributed by atoms with E-state index in [9.17, 15) is 9.59 Å². The lowest BCUT2D eigenvalue weighted by Crippen LogP contribution is -2.45. The van der Waals surface area contributed by atoms with Crippen LogP contribution < -0.4 is 10.8 Å². The highest BCUT2D eigenvalue weighted by molar-refractivity contribution is 8.00. The van der Waals surface area contributed by atoms with Gasteiger partial charge in [0.05, 0.1) is 22.4 Å². The molecule has 0 saturated carbocycles. The fourth-order valence-electron chi connectivity index (χ4n) is 4.89. The number of piperidine rings is 1. The van der Waals surface area contributed by atoms with Crippen molar-refractivity contribution in [3.05, 3.63) is 24.0 Å². The number of hydrogen-bond acceptors (Lipinski definition) is 9. The van der Waals surface area contributed by atoms with Crippen LogP contribution >= 0.6 is 23.1 Å². The van der Waals surface area contributed by atoms with Crippen molar-refractivity contribution in [3.8, 4) is 0 Å². The second kappa shape index (κ2) is 11.8. The summed E-state index contributed by atoms with van der Waals surface area (Å²) in [6, 6.07) is 0. The van der Waals surface area contributed by atoms with Crippen LogP contribution in [0.15, 0.2) is 21.0 Å². The van der Waals surface area contributed by atoms with Crippen molar-refractivity contribution in [1.82, 2.24) is 20.3 Å². The number of thioether (sulfide) groups is 1. The van der Waals surface area contributed by atoms with Gasteiger partial charge in [0.15, 0.2) is 5.13 Å². The molecule has 9 nitrogen and oxygen atoms in total. The van der Waals surface area contributed by atoms with E-state index in [0.29, 0.717) is 23.2 Å². The first kappa shape index (κ1) is 29.6. The Labute approximate surface area is 228 Å². The molecule has 2 aromatic rings. The third kappa shape index (κ3) is 8.53. The molecule has 0 aliphatic carbocycles. The molecule has 0 unspecified atom stereocenters. The van der Waals surface area contributed by atoms with Gasteiger partial charge in [-0.05, 0) is 37.8 Å². The Morgan fingerprint density at radius 2 is 1.81 bits per heavy atom. The lowest BCUT2D eigenvalue weighted by atomic mass is 9.74. The minimum Gasteiger partial charge on any atom is -0.444 e. The molecule has 0 aromatic carbocycles. The molecule has 0 atom stereocenters. The molecule has 1 saturated heterocycles. The highest BCUT2D eigenvalue weighted by Crippen LogP contribution is 2.36. The van der Waals surface area contributed by atoms with Crippen LogP contribution in [0.5, 0.6) is 0 Å². The first-order valence-corrected chi connectivity index (χ1v) is 14.5. The third-order valence-corrected chi connectivity index (χ3v) is 8.68. The lowest BCUT2D eigenvalue weighted by Gasteiger charge is -2.39. The van der Waals surface area contributed by atoms with Gasteiger partial charge in [-0.1, -0.05) is 59.8 Å². The normalized spacial score (nSPS) is 16.1. The molecule has 2 amide bonds. The Hall–Kier alpha value is -1.95. The van der Waals surface area contributed by atoms with E-state index in [4.69, 9.17) is 9.62 Å².